The lowest BCUT2D eigenvalue weighted by Gasteiger charge is -2.35. The SMILES string of the molecule is NC(C(=O)O)c1cc2c(cc1Br)OC1(CCC1)O2. The van der Waals surface area contributed by atoms with Gasteiger partial charge in [-0.25, -0.2) is 0 Å². The zero-order valence-electron chi connectivity index (χ0n) is 9.48. The van der Waals surface area contributed by atoms with Crippen molar-refractivity contribution in [2.75, 3.05) is 0 Å². The molecule has 0 amide bonds. The lowest BCUT2D eigenvalue weighted by atomic mass is 9.91. The van der Waals surface area contributed by atoms with Crippen molar-refractivity contribution in [3.63, 3.8) is 0 Å². The predicted octanol–water partition coefficient (Wildman–Crippen LogP) is 2.18. The molecule has 0 bridgehead atoms. The number of fused-ring (bicyclic) bond motifs is 1. The number of halogens is 1. The third-order valence-electron chi connectivity index (χ3n) is 3.37. The van der Waals surface area contributed by atoms with Gasteiger partial charge in [-0.1, -0.05) is 15.9 Å². The maximum Gasteiger partial charge on any atom is 0.325 e. The van der Waals surface area contributed by atoms with Crippen molar-refractivity contribution in [2.24, 2.45) is 5.73 Å². The van der Waals surface area contributed by atoms with Crippen LogP contribution in [0.15, 0.2) is 16.6 Å². The molecular weight excluding hydrogens is 302 g/mol. The molecule has 1 aliphatic heterocycles. The van der Waals surface area contributed by atoms with Crippen molar-refractivity contribution in [3.8, 4) is 11.5 Å². The first-order chi connectivity index (χ1) is 8.51. The van der Waals surface area contributed by atoms with E-state index in [1.807, 2.05) is 0 Å². The Morgan fingerprint density at radius 1 is 1.39 bits per heavy atom. The van der Waals surface area contributed by atoms with Crippen LogP contribution in [0.25, 0.3) is 0 Å². The molecule has 18 heavy (non-hydrogen) atoms. The molecule has 5 nitrogen and oxygen atoms in total. The van der Waals surface area contributed by atoms with Crippen LogP contribution >= 0.6 is 15.9 Å². The van der Waals surface area contributed by atoms with Gasteiger partial charge in [0.25, 0.3) is 5.79 Å². The molecule has 0 aromatic heterocycles. The normalized spacial score (nSPS) is 20.6. The molecule has 1 atom stereocenters. The molecule has 1 saturated carbocycles. The third-order valence-corrected chi connectivity index (χ3v) is 4.06. The molecule has 0 saturated heterocycles. The number of hydrogen-bond acceptors (Lipinski definition) is 4. The number of benzene rings is 1. The number of carboxylic acid groups (broad SMARTS) is 1. The van der Waals surface area contributed by atoms with E-state index >= 15 is 0 Å². The maximum absolute atomic E-state index is 10.9. The smallest absolute Gasteiger partial charge is 0.325 e. The zero-order chi connectivity index (χ0) is 12.9. The molecule has 1 heterocycles. The quantitative estimate of drug-likeness (QED) is 0.874. The summed E-state index contributed by atoms with van der Waals surface area (Å²) in [6.07, 6.45) is 2.80. The topological polar surface area (TPSA) is 81.8 Å². The summed E-state index contributed by atoms with van der Waals surface area (Å²) in [5.41, 5.74) is 6.11. The molecule has 1 unspecified atom stereocenters. The van der Waals surface area contributed by atoms with Gasteiger partial charge in [0.2, 0.25) is 0 Å². The zero-order valence-corrected chi connectivity index (χ0v) is 11.1. The number of carbonyl (C=O) groups is 1. The maximum atomic E-state index is 10.9. The molecule has 1 spiro atoms. The highest BCUT2D eigenvalue weighted by atomic mass is 79.9. The Morgan fingerprint density at radius 3 is 2.50 bits per heavy atom. The van der Waals surface area contributed by atoms with Crippen molar-refractivity contribution >= 4 is 21.9 Å². The molecular formula is C12H12BrNO4. The first-order valence-electron chi connectivity index (χ1n) is 5.71. The summed E-state index contributed by atoms with van der Waals surface area (Å²) in [5, 5.41) is 8.95. The van der Waals surface area contributed by atoms with Gasteiger partial charge in [-0.15, -0.1) is 0 Å². The van der Waals surface area contributed by atoms with Crippen molar-refractivity contribution in [2.45, 2.75) is 31.1 Å². The minimum absolute atomic E-state index is 0.487. The summed E-state index contributed by atoms with van der Waals surface area (Å²) in [5.74, 6) is -0.381. The molecule has 3 rings (SSSR count). The molecule has 96 valence electrons. The summed E-state index contributed by atoms with van der Waals surface area (Å²) in [4.78, 5) is 10.9. The Morgan fingerprint density at radius 2 is 2.00 bits per heavy atom. The van der Waals surface area contributed by atoms with Crippen LogP contribution in [0.4, 0.5) is 0 Å². The van der Waals surface area contributed by atoms with E-state index in [9.17, 15) is 4.79 Å². The van der Waals surface area contributed by atoms with Gasteiger partial charge in [0.15, 0.2) is 11.5 Å². The Labute approximate surface area is 112 Å². The van der Waals surface area contributed by atoms with E-state index in [1.165, 1.54) is 0 Å². The lowest BCUT2D eigenvalue weighted by Crippen LogP contribution is -2.45. The Kier molecular flexibility index (Phi) is 2.53. The summed E-state index contributed by atoms with van der Waals surface area (Å²) in [6.45, 7) is 0. The van der Waals surface area contributed by atoms with Gasteiger partial charge in [-0.05, 0) is 24.1 Å². The number of ether oxygens (including phenoxy) is 2. The standard InChI is InChI=1S/C12H12BrNO4/c13-7-5-9-8(4-6(7)10(14)11(15)16)17-12(18-9)2-1-3-12/h4-5,10H,1-3,14H2,(H,15,16). The van der Waals surface area contributed by atoms with Crippen LogP contribution < -0.4 is 15.2 Å². The van der Waals surface area contributed by atoms with Gasteiger partial charge in [-0.3, -0.25) is 4.79 Å². The van der Waals surface area contributed by atoms with E-state index in [1.54, 1.807) is 12.1 Å². The van der Waals surface area contributed by atoms with E-state index in [-0.39, 0.29) is 0 Å². The first-order valence-corrected chi connectivity index (χ1v) is 6.50. The second-order valence-corrected chi connectivity index (χ2v) is 5.46. The number of nitrogens with two attached hydrogens (primary N) is 1. The summed E-state index contributed by atoms with van der Waals surface area (Å²) < 4.78 is 12.2. The predicted molar refractivity (Wildman–Crippen MR) is 66.5 cm³/mol. The average Bonchev–Trinajstić information content (AvgIpc) is 2.65. The molecule has 1 aromatic rings. The van der Waals surface area contributed by atoms with Crippen LogP contribution in [0.3, 0.4) is 0 Å². The van der Waals surface area contributed by atoms with Gasteiger partial charge in [0, 0.05) is 17.3 Å². The molecule has 1 aromatic carbocycles. The fourth-order valence-electron chi connectivity index (χ4n) is 2.17. The highest BCUT2D eigenvalue weighted by Gasteiger charge is 2.47. The molecule has 6 heteroatoms. The first kappa shape index (κ1) is 11.8. The van der Waals surface area contributed by atoms with Crippen molar-refractivity contribution in [3.05, 3.63) is 22.2 Å². The van der Waals surface area contributed by atoms with Crippen LogP contribution in [0, 0.1) is 0 Å². The number of aliphatic carboxylic acids is 1. The summed E-state index contributed by atoms with van der Waals surface area (Å²) >= 11 is 3.32. The molecule has 1 fully saturated rings. The average molecular weight is 314 g/mol. The van der Waals surface area contributed by atoms with E-state index in [0.717, 1.165) is 19.3 Å². The molecule has 2 aliphatic rings. The Bertz CT molecular complexity index is 527. The third kappa shape index (κ3) is 1.67. The van der Waals surface area contributed by atoms with Crippen molar-refractivity contribution in [1.82, 2.24) is 0 Å². The summed E-state index contributed by atoms with van der Waals surface area (Å²) in [7, 11) is 0. The highest BCUT2D eigenvalue weighted by Crippen LogP contribution is 2.50. The monoisotopic (exact) mass is 313 g/mol. The van der Waals surface area contributed by atoms with E-state index in [0.29, 0.717) is 21.5 Å². The van der Waals surface area contributed by atoms with Crippen LogP contribution in [0.5, 0.6) is 11.5 Å². The van der Waals surface area contributed by atoms with E-state index in [4.69, 9.17) is 20.3 Å². The van der Waals surface area contributed by atoms with Crippen LogP contribution in [-0.4, -0.2) is 16.9 Å². The second kappa shape index (κ2) is 3.86. The largest absolute Gasteiger partial charge is 0.480 e. The van der Waals surface area contributed by atoms with Gasteiger partial charge < -0.3 is 20.3 Å². The molecule has 0 radical (unpaired) electrons. The Balaban J connectivity index is 1.97. The van der Waals surface area contributed by atoms with Crippen LogP contribution in [0.2, 0.25) is 0 Å². The fraction of sp³-hybridized carbons (Fsp3) is 0.417. The van der Waals surface area contributed by atoms with E-state index < -0.39 is 17.8 Å². The van der Waals surface area contributed by atoms with Gasteiger partial charge in [-0.2, -0.15) is 0 Å². The van der Waals surface area contributed by atoms with Gasteiger partial charge in [0.1, 0.15) is 6.04 Å². The second-order valence-electron chi connectivity index (χ2n) is 4.60. The number of hydrogen-bond donors (Lipinski definition) is 2. The fourth-order valence-corrected chi connectivity index (χ4v) is 2.74. The minimum Gasteiger partial charge on any atom is -0.480 e. The molecule has 1 aliphatic carbocycles. The van der Waals surface area contributed by atoms with Crippen molar-refractivity contribution < 1.29 is 19.4 Å². The molecule has 3 N–H and O–H groups in total. The number of carboxylic acids is 1. The van der Waals surface area contributed by atoms with Gasteiger partial charge in [0.05, 0.1) is 0 Å². The van der Waals surface area contributed by atoms with Crippen LogP contribution in [-0.2, 0) is 4.79 Å². The lowest BCUT2D eigenvalue weighted by molar-refractivity contribution is -0.138. The van der Waals surface area contributed by atoms with Crippen molar-refractivity contribution in [1.29, 1.82) is 0 Å². The Hall–Kier alpha value is -1.27. The highest BCUT2D eigenvalue weighted by molar-refractivity contribution is 9.10. The minimum atomic E-state index is -1.08. The van der Waals surface area contributed by atoms with E-state index in [2.05, 4.69) is 15.9 Å². The van der Waals surface area contributed by atoms with Gasteiger partial charge >= 0.3 is 5.97 Å². The van der Waals surface area contributed by atoms with Crippen LogP contribution in [0.1, 0.15) is 30.9 Å². The number of rotatable bonds is 2. The summed E-state index contributed by atoms with van der Waals surface area (Å²) in [6, 6.07) is 2.29.